The van der Waals surface area contributed by atoms with Crippen molar-refractivity contribution in [2.24, 2.45) is 0 Å². The maximum absolute atomic E-state index is 12.2. The van der Waals surface area contributed by atoms with Gasteiger partial charge in [-0.25, -0.2) is 9.97 Å². The zero-order valence-corrected chi connectivity index (χ0v) is 13.5. The van der Waals surface area contributed by atoms with Crippen LogP contribution in [0.5, 0.6) is 0 Å². The van der Waals surface area contributed by atoms with Crippen molar-refractivity contribution in [3.63, 3.8) is 0 Å². The number of nitrogens with one attached hydrogen (secondary N) is 2. The van der Waals surface area contributed by atoms with Gasteiger partial charge in [-0.1, -0.05) is 12.1 Å². The molecule has 3 rings (SSSR count). The second-order valence-corrected chi connectivity index (χ2v) is 5.31. The van der Waals surface area contributed by atoms with Gasteiger partial charge in [-0.05, 0) is 31.2 Å². The zero-order chi connectivity index (χ0) is 17.6. The Balaban J connectivity index is 1.69. The lowest BCUT2D eigenvalue weighted by molar-refractivity contribution is 0.0942. The molecule has 25 heavy (non-hydrogen) atoms. The Morgan fingerprint density at radius 2 is 2.00 bits per heavy atom. The molecule has 0 radical (unpaired) electrons. The van der Waals surface area contributed by atoms with E-state index in [1.807, 2.05) is 6.07 Å². The van der Waals surface area contributed by atoms with Crippen molar-refractivity contribution in [3.05, 3.63) is 72.1 Å². The molecule has 126 valence electrons. The number of rotatable bonds is 6. The summed E-state index contributed by atoms with van der Waals surface area (Å²) in [7, 11) is 0. The molecular formula is C18H16N4O3. The van der Waals surface area contributed by atoms with Crippen LogP contribution >= 0.6 is 0 Å². The molecule has 0 aliphatic heterocycles. The van der Waals surface area contributed by atoms with Gasteiger partial charge < -0.3 is 15.1 Å². The van der Waals surface area contributed by atoms with Crippen LogP contribution in [0.25, 0.3) is 0 Å². The average molecular weight is 336 g/mol. The molecule has 0 atom stereocenters. The molecule has 0 spiro atoms. The topological polar surface area (TPSA) is 97.1 Å². The van der Waals surface area contributed by atoms with E-state index >= 15 is 0 Å². The highest BCUT2D eigenvalue weighted by Crippen LogP contribution is 2.16. The Morgan fingerprint density at radius 1 is 1.12 bits per heavy atom. The van der Waals surface area contributed by atoms with Crippen LogP contribution in [-0.4, -0.2) is 21.7 Å². The van der Waals surface area contributed by atoms with Crippen molar-refractivity contribution < 1.29 is 14.0 Å². The predicted molar refractivity (Wildman–Crippen MR) is 91.6 cm³/mol. The first-order valence-corrected chi connectivity index (χ1v) is 7.62. The van der Waals surface area contributed by atoms with Crippen LogP contribution in [0.3, 0.4) is 0 Å². The van der Waals surface area contributed by atoms with Crippen molar-refractivity contribution >= 4 is 23.2 Å². The zero-order valence-electron chi connectivity index (χ0n) is 13.5. The van der Waals surface area contributed by atoms with E-state index in [2.05, 4.69) is 20.6 Å². The Bertz CT molecular complexity index is 891. The molecule has 0 aliphatic carbocycles. The number of anilines is 2. The number of amides is 1. The molecule has 0 saturated heterocycles. The van der Waals surface area contributed by atoms with Gasteiger partial charge >= 0.3 is 0 Å². The fraction of sp³-hybridized carbons (Fsp3) is 0.111. The summed E-state index contributed by atoms with van der Waals surface area (Å²) in [5, 5.41) is 5.78. The number of carbonyl (C=O) groups excluding carboxylic acids is 2. The minimum Gasteiger partial charge on any atom is -0.467 e. The summed E-state index contributed by atoms with van der Waals surface area (Å²) in [6.07, 6.45) is 2.85. The summed E-state index contributed by atoms with van der Waals surface area (Å²) in [6.45, 7) is 1.78. The van der Waals surface area contributed by atoms with Crippen LogP contribution in [0.1, 0.15) is 33.5 Å². The number of furan rings is 1. The van der Waals surface area contributed by atoms with E-state index in [1.165, 1.54) is 19.3 Å². The predicted octanol–water partition coefficient (Wildman–Crippen LogP) is 2.95. The largest absolute Gasteiger partial charge is 0.467 e. The third kappa shape index (κ3) is 4.29. The van der Waals surface area contributed by atoms with Gasteiger partial charge in [0.1, 0.15) is 23.6 Å². The number of aromatic nitrogens is 2. The normalized spacial score (nSPS) is 10.3. The Morgan fingerprint density at radius 3 is 2.76 bits per heavy atom. The number of hydrogen-bond donors (Lipinski definition) is 2. The van der Waals surface area contributed by atoms with Gasteiger partial charge in [0.15, 0.2) is 5.78 Å². The standard InChI is InChI=1S/C18H16N4O3/c1-12(23)13-4-2-5-14(8-13)22-17-9-16(20-11-21-17)18(24)19-10-15-6-3-7-25-15/h2-9,11H,10H2,1H3,(H,19,24)(H,20,21,22). The lowest BCUT2D eigenvalue weighted by Gasteiger charge is -2.08. The molecule has 2 aromatic heterocycles. The second kappa shape index (κ2) is 7.39. The highest BCUT2D eigenvalue weighted by molar-refractivity contribution is 5.95. The van der Waals surface area contributed by atoms with E-state index in [1.54, 1.807) is 36.6 Å². The summed E-state index contributed by atoms with van der Waals surface area (Å²) >= 11 is 0. The van der Waals surface area contributed by atoms with Gasteiger partial charge in [0.2, 0.25) is 0 Å². The van der Waals surface area contributed by atoms with Crippen LogP contribution in [0, 0.1) is 0 Å². The summed E-state index contributed by atoms with van der Waals surface area (Å²) < 4.78 is 5.17. The molecule has 0 unspecified atom stereocenters. The third-order valence-electron chi connectivity index (χ3n) is 3.44. The molecule has 1 aromatic carbocycles. The highest BCUT2D eigenvalue weighted by Gasteiger charge is 2.10. The first-order valence-electron chi connectivity index (χ1n) is 7.62. The van der Waals surface area contributed by atoms with Crippen molar-refractivity contribution in [1.82, 2.24) is 15.3 Å². The van der Waals surface area contributed by atoms with Gasteiger partial charge in [-0.2, -0.15) is 0 Å². The van der Waals surface area contributed by atoms with Crippen molar-refractivity contribution in [2.45, 2.75) is 13.5 Å². The minimum atomic E-state index is -0.334. The molecule has 2 N–H and O–H groups in total. The van der Waals surface area contributed by atoms with Gasteiger partial charge in [0.25, 0.3) is 5.91 Å². The monoisotopic (exact) mass is 336 g/mol. The van der Waals surface area contributed by atoms with Gasteiger partial charge in [-0.3, -0.25) is 9.59 Å². The number of carbonyl (C=O) groups is 2. The number of benzene rings is 1. The second-order valence-electron chi connectivity index (χ2n) is 5.31. The molecule has 0 bridgehead atoms. The number of Topliss-reactive ketones (excluding diaryl/α,β-unsaturated/α-hetero) is 1. The lowest BCUT2D eigenvalue weighted by Crippen LogP contribution is -2.23. The van der Waals surface area contributed by atoms with Crippen LogP contribution in [0.2, 0.25) is 0 Å². The first-order chi connectivity index (χ1) is 12.1. The Kier molecular flexibility index (Phi) is 4.84. The minimum absolute atomic E-state index is 0.0238. The van der Waals surface area contributed by atoms with Gasteiger partial charge in [0, 0.05) is 17.3 Å². The third-order valence-corrected chi connectivity index (χ3v) is 3.44. The van der Waals surface area contributed by atoms with Crippen LogP contribution in [0.15, 0.2) is 59.5 Å². The summed E-state index contributed by atoms with van der Waals surface area (Å²) in [6, 6.07) is 12.1. The fourth-order valence-corrected chi connectivity index (χ4v) is 2.18. The molecule has 0 aliphatic rings. The molecule has 7 nitrogen and oxygen atoms in total. The Hall–Kier alpha value is -3.48. The van der Waals surface area contributed by atoms with Crippen LogP contribution in [-0.2, 0) is 6.54 Å². The molecule has 1 amide bonds. The van der Waals surface area contributed by atoms with Gasteiger partial charge in [0.05, 0.1) is 12.8 Å². The fourth-order valence-electron chi connectivity index (χ4n) is 2.18. The molecule has 0 fully saturated rings. The molecule has 2 heterocycles. The average Bonchev–Trinajstić information content (AvgIpc) is 3.13. The lowest BCUT2D eigenvalue weighted by atomic mass is 10.1. The quantitative estimate of drug-likeness (QED) is 0.672. The first kappa shape index (κ1) is 16.4. The van der Waals surface area contributed by atoms with E-state index in [4.69, 9.17) is 4.42 Å². The maximum atomic E-state index is 12.2. The molecule has 7 heteroatoms. The van der Waals surface area contributed by atoms with Crippen molar-refractivity contribution in [1.29, 1.82) is 0 Å². The molecule has 3 aromatic rings. The van der Waals surface area contributed by atoms with Crippen molar-refractivity contribution in [2.75, 3.05) is 5.32 Å². The summed E-state index contributed by atoms with van der Waals surface area (Å²) in [5.41, 5.74) is 1.52. The number of nitrogens with zero attached hydrogens (tertiary/aromatic N) is 2. The Labute approximate surface area is 144 Å². The van der Waals surface area contributed by atoms with E-state index in [0.29, 0.717) is 22.8 Å². The van der Waals surface area contributed by atoms with Crippen molar-refractivity contribution in [3.8, 4) is 0 Å². The van der Waals surface area contributed by atoms with Crippen LogP contribution < -0.4 is 10.6 Å². The summed E-state index contributed by atoms with van der Waals surface area (Å²) in [5.74, 6) is 0.754. The highest BCUT2D eigenvalue weighted by atomic mass is 16.3. The van der Waals surface area contributed by atoms with E-state index in [0.717, 1.165) is 0 Å². The SMILES string of the molecule is CC(=O)c1cccc(Nc2cc(C(=O)NCc3ccco3)ncn2)c1. The van der Waals surface area contributed by atoms with Gasteiger partial charge in [-0.15, -0.1) is 0 Å². The molecular weight excluding hydrogens is 320 g/mol. The number of ketones is 1. The maximum Gasteiger partial charge on any atom is 0.270 e. The van der Waals surface area contributed by atoms with E-state index in [-0.39, 0.29) is 23.9 Å². The summed E-state index contributed by atoms with van der Waals surface area (Å²) in [4.78, 5) is 31.7. The van der Waals surface area contributed by atoms with Crippen LogP contribution in [0.4, 0.5) is 11.5 Å². The van der Waals surface area contributed by atoms with E-state index in [9.17, 15) is 9.59 Å². The van der Waals surface area contributed by atoms with E-state index < -0.39 is 0 Å². The molecule has 0 saturated carbocycles. The smallest absolute Gasteiger partial charge is 0.270 e. The number of hydrogen-bond acceptors (Lipinski definition) is 6.